The van der Waals surface area contributed by atoms with Gasteiger partial charge in [0.15, 0.2) is 5.17 Å². The molecular weight excluding hydrogens is 258 g/mol. The molecule has 0 unspecified atom stereocenters. The summed E-state index contributed by atoms with van der Waals surface area (Å²) in [5.41, 5.74) is 5.30. The Hall–Kier alpha value is -0.710. The molecule has 3 N–H and O–H groups in total. The van der Waals surface area contributed by atoms with Crippen molar-refractivity contribution >= 4 is 22.8 Å². The fourth-order valence-corrected chi connectivity index (χ4v) is 3.80. The van der Waals surface area contributed by atoms with Gasteiger partial charge in [0.2, 0.25) is 5.91 Å². The van der Waals surface area contributed by atoms with Crippen LogP contribution in [0.1, 0.15) is 46.0 Å². The average Bonchev–Trinajstić information content (AvgIpc) is 2.39. The van der Waals surface area contributed by atoms with Crippen molar-refractivity contribution in [2.45, 2.75) is 46.0 Å². The SMILES string of the molecule is CC(C)(CNC1=NCC2(CCCCC2)CS1)C(N)=O. The summed E-state index contributed by atoms with van der Waals surface area (Å²) in [6.45, 7) is 5.22. The highest BCUT2D eigenvalue weighted by atomic mass is 32.2. The second-order valence-electron chi connectivity index (χ2n) is 6.57. The maximum Gasteiger partial charge on any atom is 0.224 e. The van der Waals surface area contributed by atoms with Crippen molar-refractivity contribution in [3.63, 3.8) is 0 Å². The Morgan fingerprint density at radius 2 is 2.11 bits per heavy atom. The molecule has 2 rings (SSSR count). The first-order chi connectivity index (χ1) is 8.94. The Labute approximate surface area is 120 Å². The quantitative estimate of drug-likeness (QED) is 0.834. The van der Waals surface area contributed by atoms with E-state index in [9.17, 15) is 4.79 Å². The van der Waals surface area contributed by atoms with Crippen LogP contribution in [0.3, 0.4) is 0 Å². The van der Waals surface area contributed by atoms with Crippen LogP contribution in [0, 0.1) is 10.8 Å². The number of carbonyl (C=O) groups excluding carboxylic acids is 1. The van der Waals surface area contributed by atoms with Crippen LogP contribution in [0.25, 0.3) is 0 Å². The molecule has 0 aromatic rings. The van der Waals surface area contributed by atoms with Gasteiger partial charge in [0.05, 0.1) is 5.41 Å². The van der Waals surface area contributed by atoms with Crippen LogP contribution in [0.5, 0.6) is 0 Å². The Kier molecular flexibility index (Phi) is 4.43. The fraction of sp³-hybridized carbons (Fsp3) is 0.857. The zero-order valence-corrected chi connectivity index (χ0v) is 12.8. The number of primary amides is 1. The summed E-state index contributed by atoms with van der Waals surface area (Å²) < 4.78 is 0. The first-order valence-electron chi connectivity index (χ1n) is 7.15. The van der Waals surface area contributed by atoms with Crippen LogP contribution >= 0.6 is 11.8 Å². The van der Waals surface area contributed by atoms with E-state index in [1.165, 1.54) is 32.1 Å². The van der Waals surface area contributed by atoms with Crippen LogP contribution in [0.2, 0.25) is 0 Å². The second-order valence-corrected chi connectivity index (χ2v) is 7.54. The second kappa shape index (κ2) is 5.73. The van der Waals surface area contributed by atoms with Crippen molar-refractivity contribution in [2.75, 3.05) is 18.8 Å². The van der Waals surface area contributed by atoms with Gasteiger partial charge in [-0.15, -0.1) is 0 Å². The number of hydrogen-bond acceptors (Lipinski definition) is 4. The molecule has 0 saturated heterocycles. The zero-order chi connectivity index (χ0) is 13.9. The Bertz CT molecular complexity index is 373. The van der Waals surface area contributed by atoms with E-state index in [0.29, 0.717) is 12.0 Å². The van der Waals surface area contributed by atoms with Gasteiger partial charge in [0.1, 0.15) is 0 Å². The molecule has 0 atom stereocenters. The molecule has 1 heterocycles. The number of aliphatic imine (C=N–C) groups is 1. The Morgan fingerprint density at radius 1 is 1.42 bits per heavy atom. The van der Waals surface area contributed by atoms with E-state index < -0.39 is 5.41 Å². The number of hydrogen-bond donors (Lipinski definition) is 2. The Morgan fingerprint density at radius 3 is 2.63 bits per heavy atom. The van der Waals surface area contributed by atoms with Crippen molar-refractivity contribution in [3.8, 4) is 0 Å². The molecule has 1 aliphatic carbocycles. The lowest BCUT2D eigenvalue weighted by Crippen LogP contribution is -2.43. The van der Waals surface area contributed by atoms with Crippen molar-refractivity contribution < 1.29 is 4.79 Å². The molecule has 0 aromatic heterocycles. The van der Waals surface area contributed by atoms with Crippen LogP contribution in [-0.4, -0.2) is 29.9 Å². The minimum Gasteiger partial charge on any atom is -0.369 e. The highest BCUT2D eigenvalue weighted by Crippen LogP contribution is 2.41. The number of thioether (sulfide) groups is 1. The molecule has 0 bridgehead atoms. The lowest BCUT2D eigenvalue weighted by atomic mass is 9.75. The van der Waals surface area contributed by atoms with E-state index in [2.05, 4.69) is 10.3 Å². The normalized spacial score (nSPS) is 22.9. The summed E-state index contributed by atoms with van der Waals surface area (Å²) in [4.78, 5) is 16.0. The lowest BCUT2D eigenvalue weighted by molar-refractivity contribution is -0.125. The standard InChI is InChI=1S/C14H25N3OS/c1-13(2,11(15)18)8-16-12-17-9-14(10-19-12)6-4-3-5-7-14/h3-10H2,1-2H3,(H2,15,18)(H,16,17). The molecule has 1 saturated carbocycles. The van der Waals surface area contributed by atoms with E-state index in [1.807, 2.05) is 25.6 Å². The highest BCUT2D eigenvalue weighted by Gasteiger charge is 2.35. The third-order valence-electron chi connectivity index (χ3n) is 4.34. The van der Waals surface area contributed by atoms with Crippen LogP contribution < -0.4 is 11.1 Å². The predicted octanol–water partition coefficient (Wildman–Crippen LogP) is 2.14. The smallest absolute Gasteiger partial charge is 0.224 e. The number of carbonyl (C=O) groups is 1. The van der Waals surface area contributed by atoms with Crippen molar-refractivity contribution in [1.29, 1.82) is 0 Å². The van der Waals surface area contributed by atoms with Gasteiger partial charge in [-0.05, 0) is 32.1 Å². The van der Waals surface area contributed by atoms with Crippen molar-refractivity contribution in [2.24, 2.45) is 21.6 Å². The number of nitrogens with zero attached hydrogens (tertiary/aromatic N) is 1. The highest BCUT2D eigenvalue weighted by molar-refractivity contribution is 8.13. The molecule has 1 fully saturated rings. The van der Waals surface area contributed by atoms with Crippen molar-refractivity contribution in [3.05, 3.63) is 0 Å². The molecule has 2 aliphatic rings. The van der Waals surface area contributed by atoms with Crippen molar-refractivity contribution in [1.82, 2.24) is 5.32 Å². The number of amides is 1. The van der Waals surface area contributed by atoms with E-state index in [4.69, 9.17) is 5.73 Å². The number of nitrogens with two attached hydrogens (primary N) is 1. The largest absolute Gasteiger partial charge is 0.369 e. The molecule has 4 nitrogen and oxygen atoms in total. The number of amidine groups is 1. The summed E-state index contributed by atoms with van der Waals surface area (Å²) in [5, 5.41) is 4.25. The van der Waals surface area contributed by atoms with Gasteiger partial charge in [0, 0.05) is 18.8 Å². The summed E-state index contributed by atoms with van der Waals surface area (Å²) in [6, 6.07) is 0. The maximum absolute atomic E-state index is 11.3. The van der Waals surface area contributed by atoms with Gasteiger partial charge in [-0.1, -0.05) is 31.0 Å². The molecule has 19 heavy (non-hydrogen) atoms. The summed E-state index contributed by atoms with van der Waals surface area (Å²) >= 11 is 1.81. The molecular formula is C14H25N3OS. The third kappa shape index (κ3) is 3.65. The average molecular weight is 283 g/mol. The lowest BCUT2D eigenvalue weighted by Gasteiger charge is -2.38. The molecule has 0 radical (unpaired) electrons. The summed E-state index contributed by atoms with van der Waals surface area (Å²) in [5.74, 6) is 0.890. The molecule has 1 amide bonds. The van der Waals surface area contributed by atoms with Gasteiger partial charge < -0.3 is 11.1 Å². The minimum atomic E-state index is -0.525. The van der Waals surface area contributed by atoms with E-state index in [1.54, 1.807) is 0 Å². The predicted molar refractivity (Wildman–Crippen MR) is 81.3 cm³/mol. The van der Waals surface area contributed by atoms with E-state index >= 15 is 0 Å². The molecule has 1 spiro atoms. The molecule has 108 valence electrons. The van der Waals surface area contributed by atoms with E-state index in [-0.39, 0.29) is 5.91 Å². The molecule has 1 aliphatic heterocycles. The van der Waals surface area contributed by atoms with Crippen LogP contribution in [0.15, 0.2) is 4.99 Å². The van der Waals surface area contributed by atoms with Gasteiger partial charge in [0.25, 0.3) is 0 Å². The maximum atomic E-state index is 11.3. The first kappa shape index (κ1) is 14.7. The zero-order valence-electron chi connectivity index (χ0n) is 12.0. The molecule has 0 aromatic carbocycles. The summed E-state index contributed by atoms with van der Waals surface area (Å²) in [6.07, 6.45) is 6.74. The van der Waals surface area contributed by atoms with Gasteiger partial charge in [-0.2, -0.15) is 0 Å². The summed E-state index contributed by atoms with van der Waals surface area (Å²) in [7, 11) is 0. The van der Waals surface area contributed by atoms with E-state index in [0.717, 1.165) is 17.5 Å². The first-order valence-corrected chi connectivity index (χ1v) is 8.13. The number of rotatable bonds is 3. The minimum absolute atomic E-state index is 0.273. The van der Waals surface area contributed by atoms with Crippen LogP contribution in [-0.2, 0) is 4.79 Å². The number of nitrogens with one attached hydrogen (secondary N) is 1. The van der Waals surface area contributed by atoms with Gasteiger partial charge >= 0.3 is 0 Å². The fourth-order valence-electron chi connectivity index (χ4n) is 2.65. The Balaban J connectivity index is 1.86. The molecule has 5 heteroatoms. The van der Waals surface area contributed by atoms with Gasteiger partial charge in [-0.3, -0.25) is 9.79 Å². The third-order valence-corrected chi connectivity index (χ3v) is 5.64. The topological polar surface area (TPSA) is 67.5 Å². The monoisotopic (exact) mass is 283 g/mol. The van der Waals surface area contributed by atoms with Crippen LogP contribution in [0.4, 0.5) is 0 Å². The van der Waals surface area contributed by atoms with Gasteiger partial charge in [-0.25, -0.2) is 0 Å².